The summed E-state index contributed by atoms with van der Waals surface area (Å²) >= 11 is 2.68. The van der Waals surface area contributed by atoms with E-state index >= 15 is 0 Å². The molecule has 14 heavy (non-hydrogen) atoms. The van der Waals surface area contributed by atoms with Gasteiger partial charge >= 0.3 is 0 Å². The molecule has 3 saturated carbocycles. The van der Waals surface area contributed by atoms with Crippen LogP contribution in [0.2, 0.25) is 0 Å². The first-order valence-corrected chi connectivity index (χ1v) is 7.45. The van der Waals surface area contributed by atoms with Gasteiger partial charge in [0.25, 0.3) is 0 Å². The van der Waals surface area contributed by atoms with Crippen LogP contribution in [-0.4, -0.2) is 3.42 Å². The van der Waals surface area contributed by atoms with Crippen molar-refractivity contribution in [2.24, 2.45) is 5.41 Å². The first kappa shape index (κ1) is 11.2. The minimum atomic E-state index is 0.792. The molecule has 0 unspecified atom stereocenters. The van der Waals surface area contributed by atoms with Crippen molar-refractivity contribution in [2.45, 2.75) is 74.6 Å². The van der Waals surface area contributed by atoms with Crippen LogP contribution in [0.15, 0.2) is 0 Å². The van der Waals surface area contributed by atoms with Crippen molar-refractivity contribution in [1.29, 1.82) is 0 Å². The van der Waals surface area contributed by atoms with Gasteiger partial charge in [0.2, 0.25) is 0 Å². The van der Waals surface area contributed by atoms with E-state index in [1.165, 1.54) is 38.5 Å². The maximum Gasteiger partial charge on any atom is 0.0238 e. The molecule has 0 radical (unpaired) electrons. The lowest BCUT2D eigenvalue weighted by atomic mass is 9.43. The molecule has 0 nitrogen and oxygen atoms in total. The van der Waals surface area contributed by atoms with Gasteiger partial charge in [-0.1, -0.05) is 68.0 Å². The third-order valence-electron chi connectivity index (χ3n) is 4.14. The van der Waals surface area contributed by atoms with Crippen LogP contribution in [-0.2, 0) is 0 Å². The molecule has 0 aliphatic heterocycles. The Morgan fingerprint density at radius 2 is 1.50 bits per heavy atom. The van der Waals surface area contributed by atoms with Crippen molar-refractivity contribution in [3.8, 4) is 0 Å². The summed E-state index contributed by atoms with van der Waals surface area (Å²) in [5, 5.41) is 0. The van der Waals surface area contributed by atoms with Gasteiger partial charge < -0.3 is 0 Å². The van der Waals surface area contributed by atoms with Gasteiger partial charge in [-0.15, -0.1) is 0 Å². The van der Waals surface area contributed by atoms with Crippen LogP contribution in [0.3, 0.4) is 0 Å². The van der Waals surface area contributed by atoms with E-state index in [0.29, 0.717) is 0 Å². The highest BCUT2D eigenvalue weighted by Gasteiger charge is 2.65. The fourth-order valence-electron chi connectivity index (χ4n) is 3.41. The average Bonchev–Trinajstić information content (AvgIpc) is 2.06. The van der Waals surface area contributed by atoms with Gasteiger partial charge in [0.15, 0.2) is 0 Å². The maximum atomic E-state index is 2.68. The molecule has 0 aromatic heterocycles. The number of halogens is 1. The largest absolute Gasteiger partial charge is 0.0788 e. The van der Waals surface area contributed by atoms with E-state index in [9.17, 15) is 0 Å². The minimum absolute atomic E-state index is 0.792. The molecule has 0 N–H and O–H groups in total. The smallest absolute Gasteiger partial charge is 0.0238 e. The Morgan fingerprint density at radius 3 is 2.07 bits per heavy atom. The third-order valence-corrected chi connectivity index (χ3v) is 5.28. The van der Waals surface area contributed by atoms with E-state index in [0.717, 1.165) is 8.84 Å². The van der Waals surface area contributed by atoms with Crippen LogP contribution in [0.4, 0.5) is 0 Å². The Hall–Kier alpha value is 0.730. The zero-order valence-corrected chi connectivity index (χ0v) is 11.6. The Morgan fingerprint density at radius 1 is 0.929 bits per heavy atom. The van der Waals surface area contributed by atoms with Gasteiger partial charge in [-0.25, -0.2) is 0 Å². The summed E-state index contributed by atoms with van der Waals surface area (Å²) in [5.41, 5.74) is 0.867. The summed E-state index contributed by atoms with van der Waals surface area (Å²) in [6.45, 7) is 2.29. The highest BCUT2D eigenvalue weighted by atomic mass is 127. The molecule has 1 heteroatoms. The molecule has 0 aromatic carbocycles. The maximum absolute atomic E-state index is 2.68. The van der Waals surface area contributed by atoms with E-state index in [1.807, 2.05) is 0 Å². The summed E-state index contributed by atoms with van der Waals surface area (Å²) in [6, 6.07) is 0. The molecule has 82 valence electrons. The zero-order chi connectivity index (χ0) is 10.1. The van der Waals surface area contributed by atoms with Crippen LogP contribution in [0.1, 0.15) is 71.1 Å². The predicted molar refractivity (Wildman–Crippen MR) is 71.0 cm³/mol. The molecule has 3 aliphatic rings. The molecular formula is C13H23I. The zero-order valence-electron chi connectivity index (χ0n) is 9.45. The van der Waals surface area contributed by atoms with Crippen molar-refractivity contribution < 1.29 is 0 Å². The quantitative estimate of drug-likeness (QED) is 0.349. The summed E-state index contributed by atoms with van der Waals surface area (Å²) in [5.74, 6) is 0. The predicted octanol–water partition coefficient (Wildman–Crippen LogP) is 5.09. The fraction of sp³-hybridized carbons (Fsp3) is 1.00. The van der Waals surface area contributed by atoms with Crippen LogP contribution in [0, 0.1) is 5.41 Å². The Balaban J connectivity index is 1.45. The summed E-state index contributed by atoms with van der Waals surface area (Å²) in [7, 11) is 0. The molecule has 3 rings (SSSR count). The standard InChI is InChI=1S/C13H23I/c1-2-3-4-5-6-7-8-12-9-13(14,10-12)11-12/h2-11H2,1H3. The Bertz CT molecular complexity index is 178. The second-order valence-corrected chi connectivity index (χ2v) is 7.99. The summed E-state index contributed by atoms with van der Waals surface area (Å²) < 4.78 is 0.792. The highest BCUT2D eigenvalue weighted by Crippen LogP contribution is 2.73. The normalized spacial score (nSPS) is 39.0. The number of hydrogen-bond donors (Lipinski definition) is 0. The van der Waals surface area contributed by atoms with Crippen molar-refractivity contribution in [3.05, 3.63) is 0 Å². The lowest BCUT2D eigenvalue weighted by Gasteiger charge is -2.68. The van der Waals surface area contributed by atoms with Gasteiger partial charge in [0.05, 0.1) is 0 Å². The van der Waals surface area contributed by atoms with Crippen molar-refractivity contribution in [2.75, 3.05) is 0 Å². The van der Waals surface area contributed by atoms with E-state index < -0.39 is 0 Å². The third kappa shape index (κ3) is 2.28. The fourth-order valence-corrected chi connectivity index (χ4v) is 5.83. The number of alkyl halides is 1. The Labute approximate surface area is 102 Å². The number of hydrogen-bond acceptors (Lipinski definition) is 0. The van der Waals surface area contributed by atoms with Gasteiger partial charge in [0, 0.05) is 3.42 Å². The molecule has 3 aliphatic carbocycles. The molecule has 2 bridgehead atoms. The first-order chi connectivity index (χ1) is 6.68. The molecule has 0 atom stereocenters. The van der Waals surface area contributed by atoms with Gasteiger partial charge in [-0.05, 0) is 31.1 Å². The average molecular weight is 306 g/mol. The number of rotatable bonds is 7. The second-order valence-electron chi connectivity index (χ2n) is 5.70. The molecule has 0 amide bonds. The van der Waals surface area contributed by atoms with Crippen molar-refractivity contribution in [1.82, 2.24) is 0 Å². The van der Waals surface area contributed by atoms with Gasteiger partial charge in [-0.3, -0.25) is 0 Å². The topological polar surface area (TPSA) is 0 Å². The lowest BCUT2D eigenvalue weighted by Crippen LogP contribution is -2.62. The van der Waals surface area contributed by atoms with E-state index in [-0.39, 0.29) is 0 Å². The summed E-state index contributed by atoms with van der Waals surface area (Å²) in [4.78, 5) is 0. The van der Waals surface area contributed by atoms with E-state index in [4.69, 9.17) is 0 Å². The van der Waals surface area contributed by atoms with E-state index in [1.54, 1.807) is 25.7 Å². The SMILES string of the molecule is CCCCCCCCC12CC(I)(C1)C2. The molecule has 0 saturated heterocycles. The second kappa shape index (κ2) is 4.31. The minimum Gasteiger partial charge on any atom is -0.0788 e. The van der Waals surface area contributed by atoms with Crippen LogP contribution >= 0.6 is 22.6 Å². The van der Waals surface area contributed by atoms with Crippen molar-refractivity contribution in [3.63, 3.8) is 0 Å². The monoisotopic (exact) mass is 306 g/mol. The van der Waals surface area contributed by atoms with Gasteiger partial charge in [0.1, 0.15) is 0 Å². The first-order valence-electron chi connectivity index (χ1n) is 6.37. The summed E-state index contributed by atoms with van der Waals surface area (Å²) in [6.07, 6.45) is 15.0. The van der Waals surface area contributed by atoms with Crippen LogP contribution in [0.5, 0.6) is 0 Å². The van der Waals surface area contributed by atoms with Crippen molar-refractivity contribution >= 4 is 22.6 Å². The molecule has 0 spiro atoms. The molecule has 0 aromatic rings. The van der Waals surface area contributed by atoms with Crippen LogP contribution < -0.4 is 0 Å². The number of unbranched alkanes of at least 4 members (excludes halogenated alkanes) is 5. The molecule has 3 fully saturated rings. The van der Waals surface area contributed by atoms with Crippen LogP contribution in [0.25, 0.3) is 0 Å². The molecular weight excluding hydrogens is 283 g/mol. The lowest BCUT2D eigenvalue weighted by molar-refractivity contribution is -0.0711. The highest BCUT2D eigenvalue weighted by molar-refractivity contribution is 14.1. The molecule has 0 heterocycles. The van der Waals surface area contributed by atoms with E-state index in [2.05, 4.69) is 29.5 Å². The Kier molecular flexibility index (Phi) is 3.45. The van der Waals surface area contributed by atoms with Gasteiger partial charge in [-0.2, -0.15) is 0 Å².